The number of benzene rings is 2. The van der Waals surface area contributed by atoms with Gasteiger partial charge in [0.2, 0.25) is 0 Å². The summed E-state index contributed by atoms with van der Waals surface area (Å²) >= 11 is 11.9. The van der Waals surface area contributed by atoms with Gasteiger partial charge in [-0.3, -0.25) is 0 Å². The zero-order valence-electron chi connectivity index (χ0n) is 10.2. The van der Waals surface area contributed by atoms with Crippen molar-refractivity contribution in [3.05, 3.63) is 57.6 Å². The third kappa shape index (κ3) is 2.62. The summed E-state index contributed by atoms with van der Waals surface area (Å²) in [6.45, 7) is 0. The number of esters is 1. The van der Waals surface area contributed by atoms with Crippen molar-refractivity contribution in [3.63, 3.8) is 0 Å². The van der Waals surface area contributed by atoms with Crippen LogP contribution in [0.5, 0.6) is 0 Å². The van der Waals surface area contributed by atoms with Crippen LogP contribution in [0.2, 0.25) is 10.0 Å². The minimum atomic E-state index is -1.15. The Hall–Kier alpha value is -1.65. The lowest BCUT2D eigenvalue weighted by molar-refractivity contribution is 0.0601. The molecular formula is C14H8Cl2F2O2. The molecule has 0 spiro atoms. The van der Waals surface area contributed by atoms with E-state index in [1.807, 2.05) is 0 Å². The lowest BCUT2D eigenvalue weighted by atomic mass is 9.99. The lowest BCUT2D eigenvalue weighted by Crippen LogP contribution is -2.05. The Morgan fingerprint density at radius 1 is 1.10 bits per heavy atom. The van der Waals surface area contributed by atoms with E-state index in [4.69, 9.17) is 23.2 Å². The fraction of sp³-hybridized carbons (Fsp3) is 0.0714. The smallest absolute Gasteiger partial charge is 0.338 e. The topological polar surface area (TPSA) is 26.3 Å². The summed E-state index contributed by atoms with van der Waals surface area (Å²) in [5.74, 6) is -3.04. The second kappa shape index (κ2) is 5.77. The molecule has 2 rings (SSSR count). The number of hydrogen-bond acceptors (Lipinski definition) is 2. The number of methoxy groups -OCH3 is 1. The van der Waals surface area contributed by atoms with Crippen LogP contribution in [-0.4, -0.2) is 13.1 Å². The molecule has 20 heavy (non-hydrogen) atoms. The molecule has 0 aliphatic heterocycles. The molecule has 0 bridgehead atoms. The average molecular weight is 317 g/mol. The molecule has 0 radical (unpaired) electrons. The average Bonchev–Trinajstić information content (AvgIpc) is 2.43. The Morgan fingerprint density at radius 2 is 1.75 bits per heavy atom. The summed E-state index contributed by atoms with van der Waals surface area (Å²) < 4.78 is 31.3. The molecule has 2 aromatic rings. The molecule has 0 amide bonds. The van der Waals surface area contributed by atoms with E-state index < -0.39 is 17.6 Å². The van der Waals surface area contributed by atoms with Gasteiger partial charge in [0.25, 0.3) is 0 Å². The molecule has 0 heterocycles. The maximum atomic E-state index is 13.4. The molecule has 0 fully saturated rings. The fourth-order valence-electron chi connectivity index (χ4n) is 1.76. The Labute approximate surface area is 123 Å². The quantitative estimate of drug-likeness (QED) is 0.749. The predicted molar refractivity (Wildman–Crippen MR) is 73.2 cm³/mol. The molecule has 0 atom stereocenters. The van der Waals surface area contributed by atoms with E-state index >= 15 is 0 Å². The molecule has 0 aliphatic carbocycles. The lowest BCUT2D eigenvalue weighted by Gasteiger charge is -2.11. The van der Waals surface area contributed by atoms with Gasteiger partial charge >= 0.3 is 5.97 Å². The zero-order valence-corrected chi connectivity index (χ0v) is 11.7. The van der Waals surface area contributed by atoms with E-state index in [0.29, 0.717) is 5.56 Å². The first-order chi connectivity index (χ1) is 9.45. The van der Waals surface area contributed by atoms with E-state index in [0.717, 1.165) is 19.2 Å². The van der Waals surface area contributed by atoms with Gasteiger partial charge in [-0.2, -0.15) is 0 Å². The van der Waals surface area contributed by atoms with Gasteiger partial charge in [-0.1, -0.05) is 35.3 Å². The predicted octanol–water partition coefficient (Wildman–Crippen LogP) is 4.73. The first kappa shape index (κ1) is 14.8. The summed E-state index contributed by atoms with van der Waals surface area (Å²) in [5, 5.41) is 0.384. The zero-order chi connectivity index (χ0) is 14.9. The minimum Gasteiger partial charge on any atom is -0.465 e. The van der Waals surface area contributed by atoms with Crippen LogP contribution in [0.1, 0.15) is 10.4 Å². The monoisotopic (exact) mass is 316 g/mol. The first-order valence-electron chi connectivity index (χ1n) is 5.47. The summed E-state index contributed by atoms with van der Waals surface area (Å²) in [6.07, 6.45) is 0. The van der Waals surface area contributed by atoms with Crippen molar-refractivity contribution in [1.82, 2.24) is 0 Å². The van der Waals surface area contributed by atoms with Crippen molar-refractivity contribution in [1.29, 1.82) is 0 Å². The summed E-state index contributed by atoms with van der Waals surface area (Å²) in [4.78, 5) is 11.7. The molecule has 6 heteroatoms. The van der Waals surface area contributed by atoms with E-state index in [1.165, 1.54) is 0 Å². The molecule has 2 aromatic carbocycles. The van der Waals surface area contributed by atoms with Gasteiger partial charge in [-0.05, 0) is 18.2 Å². The third-order valence-corrected chi connectivity index (χ3v) is 3.53. The van der Waals surface area contributed by atoms with Gasteiger partial charge in [0.05, 0.1) is 22.7 Å². The molecular weight excluding hydrogens is 309 g/mol. The van der Waals surface area contributed by atoms with Gasteiger partial charge in [0.15, 0.2) is 11.6 Å². The second-order valence-corrected chi connectivity index (χ2v) is 4.69. The molecule has 0 aliphatic rings. The summed E-state index contributed by atoms with van der Waals surface area (Å²) in [7, 11) is 1.15. The van der Waals surface area contributed by atoms with Gasteiger partial charge in [0, 0.05) is 11.1 Å². The largest absolute Gasteiger partial charge is 0.465 e. The van der Waals surface area contributed by atoms with Gasteiger partial charge < -0.3 is 4.74 Å². The minimum absolute atomic E-state index is 0.114. The molecule has 0 aromatic heterocycles. The van der Waals surface area contributed by atoms with E-state index in [9.17, 15) is 13.6 Å². The maximum absolute atomic E-state index is 13.4. The summed E-state index contributed by atoms with van der Waals surface area (Å²) in [5.41, 5.74) is 0.303. The standard InChI is InChI=1S/C14H8Cl2F2O2/c1-20-14(19)9-6-12(18)11(17)5-8(9)7-3-2-4-10(15)13(7)16/h2-6H,1H3. The van der Waals surface area contributed by atoms with Gasteiger partial charge in [-0.15, -0.1) is 0 Å². The van der Waals surface area contributed by atoms with Crippen molar-refractivity contribution >= 4 is 29.2 Å². The van der Waals surface area contributed by atoms with Crippen molar-refractivity contribution in [2.45, 2.75) is 0 Å². The molecule has 2 nitrogen and oxygen atoms in total. The van der Waals surface area contributed by atoms with Crippen molar-refractivity contribution in [2.24, 2.45) is 0 Å². The van der Waals surface area contributed by atoms with Crippen molar-refractivity contribution < 1.29 is 18.3 Å². The number of halogens is 4. The molecule has 104 valence electrons. The van der Waals surface area contributed by atoms with Gasteiger partial charge in [-0.25, -0.2) is 13.6 Å². The SMILES string of the molecule is COC(=O)c1cc(F)c(F)cc1-c1cccc(Cl)c1Cl. The Bertz CT molecular complexity index is 687. The highest BCUT2D eigenvalue weighted by molar-refractivity contribution is 6.43. The summed E-state index contributed by atoms with van der Waals surface area (Å²) in [6, 6.07) is 6.34. The van der Waals surface area contributed by atoms with Crippen LogP contribution < -0.4 is 0 Å². The number of carbonyl (C=O) groups excluding carboxylic acids is 1. The Kier molecular flexibility index (Phi) is 4.26. The first-order valence-corrected chi connectivity index (χ1v) is 6.23. The van der Waals surface area contributed by atoms with Crippen LogP contribution in [0.4, 0.5) is 8.78 Å². The molecule has 0 saturated carbocycles. The van der Waals surface area contributed by atoms with E-state index in [1.54, 1.807) is 18.2 Å². The number of hydrogen-bond donors (Lipinski definition) is 0. The highest BCUT2D eigenvalue weighted by atomic mass is 35.5. The van der Waals surface area contributed by atoms with Crippen LogP contribution in [0.25, 0.3) is 11.1 Å². The Balaban J connectivity index is 2.75. The van der Waals surface area contributed by atoms with Crippen molar-refractivity contribution in [2.75, 3.05) is 7.11 Å². The van der Waals surface area contributed by atoms with Crippen LogP contribution >= 0.6 is 23.2 Å². The number of carbonyl (C=O) groups is 1. The van der Waals surface area contributed by atoms with Crippen LogP contribution in [0.15, 0.2) is 30.3 Å². The molecule has 0 N–H and O–H groups in total. The normalized spacial score (nSPS) is 10.4. The molecule has 0 saturated heterocycles. The Morgan fingerprint density at radius 3 is 2.40 bits per heavy atom. The van der Waals surface area contributed by atoms with Crippen LogP contribution in [0.3, 0.4) is 0 Å². The maximum Gasteiger partial charge on any atom is 0.338 e. The van der Waals surface area contributed by atoms with Crippen LogP contribution in [-0.2, 0) is 4.74 Å². The van der Waals surface area contributed by atoms with E-state index in [-0.39, 0.29) is 21.2 Å². The number of ether oxygens (including phenoxy) is 1. The van der Waals surface area contributed by atoms with E-state index in [2.05, 4.69) is 4.74 Å². The van der Waals surface area contributed by atoms with Crippen LogP contribution in [0, 0.1) is 11.6 Å². The highest BCUT2D eigenvalue weighted by Crippen LogP contribution is 2.36. The van der Waals surface area contributed by atoms with Gasteiger partial charge in [0.1, 0.15) is 0 Å². The fourth-order valence-corrected chi connectivity index (χ4v) is 2.16. The van der Waals surface area contributed by atoms with Crippen molar-refractivity contribution in [3.8, 4) is 11.1 Å². The number of rotatable bonds is 2. The third-order valence-electron chi connectivity index (χ3n) is 2.71. The molecule has 0 unspecified atom stereocenters. The second-order valence-electron chi connectivity index (χ2n) is 3.90. The highest BCUT2D eigenvalue weighted by Gasteiger charge is 2.20.